The largest absolute Gasteiger partial charge is 0.455 e. The number of aromatic nitrogens is 6. The van der Waals surface area contributed by atoms with Gasteiger partial charge in [-0.2, -0.15) is 0 Å². The first kappa shape index (κ1) is 98.4. The molecule has 2 aromatic heterocycles. The molecule has 8 heterocycles. The lowest BCUT2D eigenvalue weighted by Crippen LogP contribution is -2.61. The maximum absolute atomic E-state index is 17.0. The second kappa shape index (κ2) is 40.1. The van der Waals surface area contributed by atoms with Crippen molar-refractivity contribution in [2.75, 3.05) is 66.6 Å². The third-order valence-electron chi connectivity index (χ3n) is 26.5. The molecular weight excluding hydrogens is 1600 g/mol. The molecule has 26 atom stereocenters. The summed E-state index contributed by atoms with van der Waals surface area (Å²) >= 11 is 0. The fraction of sp³-hybridized carbons (Fsp3) is 0.719. The summed E-state index contributed by atoms with van der Waals surface area (Å²) in [7, 11) is 10.4. The van der Waals surface area contributed by atoms with Crippen LogP contribution in [0.15, 0.2) is 60.9 Å². The van der Waals surface area contributed by atoms with Crippen LogP contribution in [-0.2, 0) is 94.0 Å². The third-order valence-corrected chi connectivity index (χ3v) is 26.5. The molecule has 0 aliphatic carbocycles. The summed E-state index contributed by atoms with van der Waals surface area (Å²) in [6.07, 6.45) is -2.93. The Morgan fingerprint density at radius 1 is 0.577 bits per heavy atom. The van der Waals surface area contributed by atoms with Gasteiger partial charge in [0.1, 0.15) is 41.3 Å². The number of unbranched alkanes of at least 4 members (excludes halogenated alkanes) is 2. The van der Waals surface area contributed by atoms with Gasteiger partial charge in [-0.1, -0.05) is 97.0 Å². The summed E-state index contributed by atoms with van der Waals surface area (Å²) < 4.78 is 99.1. The number of esters is 2. The van der Waals surface area contributed by atoms with Crippen molar-refractivity contribution < 1.29 is 104 Å². The predicted molar refractivity (Wildman–Crippen MR) is 451 cm³/mol. The van der Waals surface area contributed by atoms with Crippen LogP contribution in [0.3, 0.4) is 0 Å². The number of hydrogen-bond donors (Lipinski definition) is 3. The fourth-order valence-electron chi connectivity index (χ4n) is 19.6. The Morgan fingerprint density at radius 3 is 1.38 bits per heavy atom. The van der Waals surface area contributed by atoms with Crippen molar-refractivity contribution in [3.63, 3.8) is 0 Å². The zero-order valence-electron chi connectivity index (χ0n) is 76.2. The second-order valence-corrected chi connectivity index (χ2v) is 36.6. The molecule has 6 saturated heterocycles. The Balaban J connectivity index is 0.000000279. The number of likely N-dealkylation sites (N-methyl/N-ethyl adjacent to an activating group) is 1. The van der Waals surface area contributed by atoms with Gasteiger partial charge in [-0.3, -0.25) is 33.3 Å². The fourth-order valence-corrected chi connectivity index (χ4v) is 19.6. The van der Waals surface area contributed by atoms with Gasteiger partial charge in [-0.15, -0.1) is 10.2 Å². The molecule has 0 bridgehead atoms. The maximum Gasteiger partial charge on any atom is 0.410 e. The van der Waals surface area contributed by atoms with Crippen LogP contribution in [0.5, 0.6) is 0 Å². The number of nitrogens with zero attached hydrogens (tertiary/aromatic N) is 10. The van der Waals surface area contributed by atoms with Crippen molar-refractivity contribution in [3.8, 4) is 22.5 Å². The molecule has 6 fully saturated rings. The van der Waals surface area contributed by atoms with Gasteiger partial charge >= 0.3 is 24.1 Å². The summed E-state index contributed by atoms with van der Waals surface area (Å²) in [4.78, 5) is 132. The molecule has 0 saturated carbocycles. The van der Waals surface area contributed by atoms with Crippen LogP contribution < -0.4 is 11.1 Å². The molecule has 10 rings (SSSR count). The number of anilines is 2. The highest BCUT2D eigenvalue weighted by Crippen LogP contribution is 2.48. The summed E-state index contributed by atoms with van der Waals surface area (Å²) in [5.74, 6) is -11.7. The van der Waals surface area contributed by atoms with Crippen molar-refractivity contribution in [3.05, 3.63) is 60.9 Å². The molecule has 0 spiro atoms. The second-order valence-electron chi connectivity index (χ2n) is 36.6. The lowest BCUT2D eigenvalue weighted by atomic mass is 9.73. The van der Waals surface area contributed by atoms with Crippen molar-refractivity contribution in [2.45, 2.75) is 315 Å². The Labute approximate surface area is 721 Å². The average molecular weight is 1730 g/mol. The number of ketones is 4. The standard InChI is InChI=1S/C46H69FN6O10.C43H65FN6O10/c1-14-36-46(10)38(53(43(58)63-46)21-16-15-20-52-25-34(49-50-52)32-18-17-19-33(23-32)48-31(7)54)29(5)37(55)26(2)24-44(8,59-13)40(30(6)39(56)45(9,47)42(57)61-36)62-41-28(4)35(51(11)12)22-27(3)60-41;1-12-32-43(8)35(50(40(55)60-43)19-14-13-18-49-23-30(46-47-49)28-16-15-17-29(45)21-28)26(4)33(51)24(2)22-41(6,56-11)37(27(5)36(53)42(7,44)39(54)58-32)59-38-34(52)31(48(9)10)20-25(3)57-38/h17-19,23,25-30,35-36,38,40-41H,14-16,20-22,24H2,1-13H3,(H,48,54);15-17,21,23-27,31-32,34-35,37-38,52H,12-14,18-20,22,45H2,1-11H3/t26-,27-,28-,29+,30+,35+,36-,38+,40-,41+,44+,45+,46-;24-,25-,26+,27+,31+,32-,34-,35+,37-,38+,41+,42+,43-/m11/s1. The number of amides is 3. The molecule has 6 aliphatic heterocycles. The van der Waals surface area contributed by atoms with Crippen LogP contribution >= 0.6 is 0 Å². The number of rotatable bonds is 23. The zero-order valence-corrected chi connectivity index (χ0v) is 76.2. The first-order chi connectivity index (χ1) is 57.6. The number of halogens is 2. The number of aliphatic hydroxyl groups excluding tert-OH is 1. The highest BCUT2D eigenvalue weighted by molar-refractivity contribution is 6.08. The molecule has 6 aliphatic rings. The molecule has 34 heteroatoms. The van der Waals surface area contributed by atoms with Crippen molar-refractivity contribution >= 4 is 64.5 Å². The highest BCUT2D eigenvalue weighted by Gasteiger charge is 2.65. The smallest absolute Gasteiger partial charge is 0.410 e. The van der Waals surface area contributed by atoms with Crippen molar-refractivity contribution in [1.29, 1.82) is 0 Å². The van der Waals surface area contributed by atoms with E-state index in [0.717, 1.165) is 31.4 Å². The molecule has 3 amide bonds. The van der Waals surface area contributed by atoms with E-state index >= 15 is 8.78 Å². The van der Waals surface area contributed by atoms with Crippen LogP contribution in [0.25, 0.3) is 22.5 Å². The predicted octanol–water partition coefficient (Wildman–Crippen LogP) is 10.9. The maximum atomic E-state index is 17.0. The number of Topliss-reactive ketones (excluding diaryl/α,β-unsaturated/α-hetero) is 4. The minimum Gasteiger partial charge on any atom is -0.455 e. The number of carbonyl (C=O) groups is 9. The first-order valence-corrected chi connectivity index (χ1v) is 43.3. The number of aryl methyl sites for hydroxylation is 2. The number of alkyl halides is 2. The molecule has 0 unspecified atom stereocenters. The minimum atomic E-state index is -3.19. The van der Waals surface area contributed by atoms with Crippen LogP contribution in [-0.4, -0.2) is 277 Å². The number of cyclic esters (lactones) is 2. The molecule has 123 heavy (non-hydrogen) atoms. The number of benzene rings is 2. The number of carbonyl (C=O) groups excluding carboxylic acids is 9. The Bertz CT molecular complexity index is 4380. The summed E-state index contributed by atoms with van der Waals surface area (Å²) in [5.41, 5.74) is -2.26. The molecule has 32 nitrogen and oxygen atoms in total. The van der Waals surface area contributed by atoms with Crippen LogP contribution in [0.1, 0.15) is 189 Å². The summed E-state index contributed by atoms with van der Waals surface area (Å²) in [5, 5.41) is 31.3. The quantitative estimate of drug-likeness (QED) is 0.0204. The van der Waals surface area contributed by atoms with Gasteiger partial charge in [0, 0.05) is 123 Å². The van der Waals surface area contributed by atoms with Crippen molar-refractivity contribution in [2.24, 2.45) is 41.4 Å². The van der Waals surface area contributed by atoms with E-state index in [1.54, 1.807) is 96.9 Å². The lowest BCUT2D eigenvalue weighted by molar-refractivity contribution is -0.295. The number of methoxy groups -OCH3 is 2. The van der Waals surface area contributed by atoms with Gasteiger partial charge in [-0.25, -0.2) is 28.0 Å². The third kappa shape index (κ3) is 21.3. The van der Waals surface area contributed by atoms with E-state index in [1.165, 1.54) is 44.8 Å². The van der Waals surface area contributed by atoms with E-state index in [-0.39, 0.29) is 86.5 Å². The van der Waals surface area contributed by atoms with Crippen molar-refractivity contribution in [1.82, 2.24) is 49.6 Å². The number of fused-ring (bicyclic) bond motifs is 2. The first-order valence-electron chi connectivity index (χ1n) is 43.3. The van der Waals surface area contributed by atoms with E-state index in [9.17, 15) is 48.3 Å². The average Bonchev–Trinajstić information content (AvgIpc) is 1.60. The molecular formula is C89H134F2N12O20. The summed E-state index contributed by atoms with van der Waals surface area (Å²) in [6, 6.07) is 12.4. The van der Waals surface area contributed by atoms with E-state index in [2.05, 4.69) is 30.8 Å². The molecule has 2 aromatic carbocycles. The highest BCUT2D eigenvalue weighted by atomic mass is 19.1. The number of nitrogen functional groups attached to an aromatic ring is 1. The molecule has 684 valence electrons. The van der Waals surface area contributed by atoms with Gasteiger partial charge in [0.15, 0.2) is 35.3 Å². The summed E-state index contributed by atoms with van der Waals surface area (Å²) in [6.45, 7) is 30.1. The number of ether oxygens (including phenoxy) is 10. The number of aliphatic hydroxyl groups is 1. The monoisotopic (exact) mass is 1730 g/mol. The number of hydrogen-bond acceptors (Lipinski definition) is 27. The zero-order chi connectivity index (χ0) is 91.2. The normalized spacial score (nSPS) is 36.5. The Hall–Kier alpha value is -8.35. The minimum absolute atomic E-state index is 0.0111. The number of nitrogens with one attached hydrogen (secondary N) is 1. The topological polar surface area (TPSA) is 379 Å². The van der Waals surface area contributed by atoms with E-state index < -0.39 is 160 Å². The molecule has 4 N–H and O–H groups in total. The Morgan fingerprint density at radius 2 is 0.976 bits per heavy atom. The van der Waals surface area contributed by atoms with Gasteiger partial charge in [0.25, 0.3) is 11.3 Å². The molecule has 4 aromatic rings. The van der Waals surface area contributed by atoms with Crippen LogP contribution in [0.2, 0.25) is 0 Å². The SMILES string of the molecule is CC[C@H]1OC(=O)[C@@](C)(F)C(=O)[C@H](C)[C@@H](O[C@@H]2O[C@H](C)C[C@H](N(C)C)[C@H]2C)[C@@](C)(OC)C[C@@H](C)C(=O)[C@H](C)[C@@H]2N(CCCCn3cc(-c4cccc(NC(C)=O)c4)nn3)C(=O)O[C@@]21C.CC[C@H]1OC(=O)[C@@](C)(F)C(=O)[C@H](C)[C@@H](O[C@@H]2O[C@H](C)C[C@H](N(C)C)[C@H]2O)[C@@](C)(OC)C[C@@H](C)C(=O)[C@H](C)[C@@H]2N(CCCCn3cc(-c4cccc(N)c4)nn3)C(=O)O[C@@]21C. The van der Waals surface area contributed by atoms with Gasteiger partial charge in [0.05, 0.1) is 60.1 Å². The van der Waals surface area contributed by atoms with Crippen LogP contribution in [0, 0.1) is 41.4 Å². The Kier molecular flexibility index (Phi) is 32.1. The lowest BCUT2D eigenvalue weighted by Gasteiger charge is -2.48. The van der Waals surface area contributed by atoms with Gasteiger partial charge in [-0.05, 0) is 172 Å². The van der Waals surface area contributed by atoms with Gasteiger partial charge in [0.2, 0.25) is 5.91 Å². The van der Waals surface area contributed by atoms with Gasteiger partial charge < -0.3 is 83.1 Å². The number of nitrogens with two attached hydrogens (primary N) is 1. The molecule has 0 radical (unpaired) electrons. The van der Waals surface area contributed by atoms with Crippen LogP contribution in [0.4, 0.5) is 29.7 Å². The van der Waals surface area contributed by atoms with E-state index in [0.29, 0.717) is 68.0 Å². The van der Waals surface area contributed by atoms with E-state index in [1.807, 2.05) is 96.5 Å². The van der Waals surface area contributed by atoms with E-state index in [4.69, 9.17) is 53.1 Å².